The van der Waals surface area contributed by atoms with Gasteiger partial charge in [0.15, 0.2) is 0 Å². The van der Waals surface area contributed by atoms with Crippen LogP contribution < -0.4 is 5.32 Å². The lowest BCUT2D eigenvalue weighted by Crippen LogP contribution is -2.81. The van der Waals surface area contributed by atoms with Crippen molar-refractivity contribution in [2.75, 3.05) is 44.6 Å². The SMILES string of the molecule is CC(=O)Nc1ccc(CN2CC3(C2)C(=O)N(CCCN2CCCC2=O)C(=O)C2CC(O)CN23)cc1. The molecule has 0 saturated carbocycles. The third-order valence-corrected chi connectivity index (χ3v) is 7.66. The number of nitrogens with zero attached hydrogens (tertiary/aromatic N) is 4. The molecule has 1 aromatic rings. The quantitative estimate of drug-likeness (QED) is 0.526. The smallest absolute Gasteiger partial charge is 0.252 e. The van der Waals surface area contributed by atoms with Crippen LogP contribution in [-0.2, 0) is 25.7 Å². The molecule has 4 amide bonds. The average Bonchev–Trinajstić information content (AvgIpc) is 3.38. The Balaban J connectivity index is 1.25. The molecule has 0 aromatic heterocycles. The Hall–Kier alpha value is -2.82. The number of rotatable bonds is 7. The molecule has 10 nitrogen and oxygen atoms in total. The average molecular weight is 484 g/mol. The molecule has 1 aromatic carbocycles. The van der Waals surface area contributed by atoms with Crippen LogP contribution in [0, 0.1) is 0 Å². The van der Waals surface area contributed by atoms with E-state index in [-0.39, 0.29) is 23.6 Å². The Morgan fingerprint density at radius 2 is 1.89 bits per heavy atom. The summed E-state index contributed by atoms with van der Waals surface area (Å²) < 4.78 is 0. The van der Waals surface area contributed by atoms with Gasteiger partial charge in [0.1, 0.15) is 5.54 Å². The van der Waals surface area contributed by atoms with Crippen LogP contribution in [0.5, 0.6) is 0 Å². The summed E-state index contributed by atoms with van der Waals surface area (Å²) in [6, 6.07) is 7.15. The van der Waals surface area contributed by atoms with Crippen molar-refractivity contribution in [2.45, 2.75) is 56.8 Å². The summed E-state index contributed by atoms with van der Waals surface area (Å²) in [5.41, 5.74) is 1.01. The van der Waals surface area contributed by atoms with E-state index in [1.54, 1.807) is 0 Å². The van der Waals surface area contributed by atoms with Crippen molar-refractivity contribution in [1.82, 2.24) is 19.6 Å². The first-order valence-corrected chi connectivity index (χ1v) is 12.4. The molecule has 2 unspecified atom stereocenters. The first kappa shape index (κ1) is 23.9. The summed E-state index contributed by atoms with van der Waals surface area (Å²) in [5, 5.41) is 13.1. The summed E-state index contributed by atoms with van der Waals surface area (Å²) in [6.07, 6.45) is 1.74. The van der Waals surface area contributed by atoms with Crippen molar-refractivity contribution in [3.8, 4) is 0 Å². The number of aliphatic hydroxyl groups is 1. The van der Waals surface area contributed by atoms with Crippen LogP contribution in [0.2, 0.25) is 0 Å². The fraction of sp³-hybridized carbons (Fsp3) is 0.600. The lowest BCUT2D eigenvalue weighted by molar-refractivity contribution is -0.180. The van der Waals surface area contributed by atoms with Gasteiger partial charge in [-0.15, -0.1) is 0 Å². The zero-order chi connectivity index (χ0) is 24.7. The van der Waals surface area contributed by atoms with E-state index >= 15 is 0 Å². The minimum Gasteiger partial charge on any atom is -0.392 e. The van der Waals surface area contributed by atoms with Crippen LogP contribution in [-0.4, -0.2) is 105 Å². The van der Waals surface area contributed by atoms with E-state index in [2.05, 4.69) is 10.2 Å². The molecule has 188 valence electrons. The maximum absolute atomic E-state index is 13.7. The molecule has 10 heteroatoms. The van der Waals surface area contributed by atoms with Crippen molar-refractivity contribution < 1.29 is 24.3 Å². The summed E-state index contributed by atoms with van der Waals surface area (Å²) in [4.78, 5) is 57.3. The third-order valence-electron chi connectivity index (χ3n) is 7.66. The molecule has 4 heterocycles. The zero-order valence-electron chi connectivity index (χ0n) is 20.1. The van der Waals surface area contributed by atoms with Gasteiger partial charge in [-0.3, -0.25) is 33.9 Å². The Morgan fingerprint density at radius 1 is 1.14 bits per heavy atom. The van der Waals surface area contributed by atoms with Crippen molar-refractivity contribution >= 4 is 29.3 Å². The molecule has 5 rings (SSSR count). The maximum atomic E-state index is 13.7. The molecule has 4 fully saturated rings. The van der Waals surface area contributed by atoms with Gasteiger partial charge in [0.2, 0.25) is 17.7 Å². The number of hydrogen-bond donors (Lipinski definition) is 2. The van der Waals surface area contributed by atoms with E-state index < -0.39 is 17.7 Å². The molecular weight excluding hydrogens is 450 g/mol. The van der Waals surface area contributed by atoms with E-state index in [0.29, 0.717) is 58.5 Å². The van der Waals surface area contributed by atoms with E-state index in [0.717, 1.165) is 24.2 Å². The normalized spacial score (nSPS) is 26.4. The molecular formula is C25H33N5O5. The number of β-amino-alcohol motifs (C(OH)–C–C–N with tert-alkyl or cyclic N) is 1. The molecule has 2 atom stereocenters. The molecule has 35 heavy (non-hydrogen) atoms. The number of anilines is 1. The topological polar surface area (TPSA) is 114 Å². The minimum atomic E-state index is -0.796. The van der Waals surface area contributed by atoms with E-state index in [1.165, 1.54) is 11.8 Å². The number of piperazine rings is 1. The molecule has 2 N–H and O–H groups in total. The monoisotopic (exact) mass is 483 g/mol. The van der Waals surface area contributed by atoms with Gasteiger partial charge in [-0.2, -0.15) is 0 Å². The first-order chi connectivity index (χ1) is 16.8. The van der Waals surface area contributed by atoms with Crippen molar-refractivity contribution in [1.29, 1.82) is 0 Å². The van der Waals surface area contributed by atoms with Crippen LogP contribution in [0.15, 0.2) is 24.3 Å². The van der Waals surface area contributed by atoms with Crippen LogP contribution in [0.3, 0.4) is 0 Å². The van der Waals surface area contributed by atoms with E-state index in [9.17, 15) is 24.3 Å². The van der Waals surface area contributed by atoms with E-state index in [4.69, 9.17) is 0 Å². The highest BCUT2D eigenvalue weighted by Gasteiger charge is 2.64. The van der Waals surface area contributed by atoms with Gasteiger partial charge in [-0.1, -0.05) is 12.1 Å². The Morgan fingerprint density at radius 3 is 2.54 bits per heavy atom. The minimum absolute atomic E-state index is 0.119. The number of nitrogens with one attached hydrogen (secondary N) is 1. The van der Waals surface area contributed by atoms with E-state index in [1.807, 2.05) is 34.1 Å². The van der Waals surface area contributed by atoms with Gasteiger partial charge < -0.3 is 15.3 Å². The Bertz CT molecular complexity index is 1020. The lowest BCUT2D eigenvalue weighted by Gasteiger charge is -2.58. The van der Waals surface area contributed by atoms with Gasteiger partial charge in [0, 0.05) is 64.8 Å². The van der Waals surface area contributed by atoms with Gasteiger partial charge in [-0.05, 0) is 37.0 Å². The van der Waals surface area contributed by atoms with Gasteiger partial charge in [0.05, 0.1) is 12.1 Å². The Kier molecular flexibility index (Phi) is 6.37. The number of benzene rings is 1. The second kappa shape index (κ2) is 9.33. The number of aliphatic hydroxyl groups excluding tert-OH is 1. The molecule has 0 aliphatic carbocycles. The highest BCUT2D eigenvalue weighted by molar-refractivity contribution is 6.06. The van der Waals surface area contributed by atoms with Crippen LogP contribution >= 0.6 is 0 Å². The summed E-state index contributed by atoms with van der Waals surface area (Å²) in [6.45, 7) is 5.05. The second-order valence-electron chi connectivity index (χ2n) is 10.2. The van der Waals surface area contributed by atoms with Gasteiger partial charge in [-0.25, -0.2) is 0 Å². The van der Waals surface area contributed by atoms with Gasteiger partial charge >= 0.3 is 0 Å². The predicted molar refractivity (Wildman–Crippen MR) is 127 cm³/mol. The molecule has 4 saturated heterocycles. The number of likely N-dealkylation sites (tertiary alicyclic amines) is 2. The second-order valence-corrected chi connectivity index (χ2v) is 10.2. The number of fused-ring (bicyclic) bond motifs is 2. The number of carbonyl (C=O) groups excluding carboxylic acids is 4. The van der Waals surface area contributed by atoms with Crippen molar-refractivity contribution in [3.63, 3.8) is 0 Å². The largest absolute Gasteiger partial charge is 0.392 e. The Labute approximate surface area is 204 Å². The van der Waals surface area contributed by atoms with Crippen molar-refractivity contribution in [3.05, 3.63) is 29.8 Å². The predicted octanol–water partition coefficient (Wildman–Crippen LogP) is 0.0159. The van der Waals surface area contributed by atoms with Crippen LogP contribution in [0.1, 0.15) is 38.2 Å². The fourth-order valence-electron chi connectivity index (χ4n) is 6.02. The molecule has 1 spiro atoms. The zero-order valence-corrected chi connectivity index (χ0v) is 20.1. The highest BCUT2D eigenvalue weighted by atomic mass is 16.3. The summed E-state index contributed by atoms with van der Waals surface area (Å²) >= 11 is 0. The van der Waals surface area contributed by atoms with Crippen LogP contribution in [0.4, 0.5) is 5.69 Å². The standard InChI is InChI=1S/C25H33N5O5/c1-17(31)26-19-7-5-18(6-8-19)13-27-15-25(16-27)24(35)29(11-3-10-28-9-2-4-22(28)33)23(34)21-12-20(32)14-30(21)25/h5-8,20-21,32H,2-4,9-16H2,1H3,(H,26,31). The third kappa shape index (κ3) is 4.46. The number of carbonyl (C=O) groups is 4. The number of imide groups is 1. The number of hydrogen-bond acceptors (Lipinski definition) is 7. The first-order valence-electron chi connectivity index (χ1n) is 12.4. The van der Waals surface area contributed by atoms with Gasteiger partial charge in [0.25, 0.3) is 5.91 Å². The van der Waals surface area contributed by atoms with Crippen molar-refractivity contribution in [2.24, 2.45) is 0 Å². The molecule has 0 bridgehead atoms. The molecule has 0 radical (unpaired) electrons. The fourth-order valence-corrected chi connectivity index (χ4v) is 6.02. The summed E-state index contributed by atoms with van der Waals surface area (Å²) in [5.74, 6) is -0.385. The summed E-state index contributed by atoms with van der Waals surface area (Å²) in [7, 11) is 0. The molecule has 4 aliphatic rings. The van der Waals surface area contributed by atoms with Crippen LogP contribution in [0.25, 0.3) is 0 Å². The highest BCUT2D eigenvalue weighted by Crippen LogP contribution is 2.41. The number of amides is 4. The maximum Gasteiger partial charge on any atom is 0.252 e. The lowest BCUT2D eigenvalue weighted by atomic mass is 9.82. The molecule has 4 aliphatic heterocycles.